The average molecular weight is 382 g/mol. The van der Waals surface area contributed by atoms with Crippen LogP contribution in [0.15, 0.2) is 16.6 Å². The molecule has 0 aliphatic heterocycles. The van der Waals surface area contributed by atoms with E-state index >= 15 is 0 Å². The van der Waals surface area contributed by atoms with Crippen LogP contribution in [0.4, 0.5) is 8.78 Å². The van der Waals surface area contributed by atoms with Gasteiger partial charge in [-0.15, -0.1) is 0 Å². The van der Waals surface area contributed by atoms with Gasteiger partial charge in [0.15, 0.2) is 0 Å². The molecule has 0 aliphatic carbocycles. The number of amides is 1. The van der Waals surface area contributed by atoms with Crippen LogP contribution in [0.3, 0.4) is 0 Å². The number of carbonyl (C=O) groups excluding carboxylic acids is 1. The SMILES string of the molecule is CC(=O)NC(C)(CSCc1c(F)cc(Br)cc1F)C(=O)O. The van der Waals surface area contributed by atoms with Crippen LogP contribution in [-0.2, 0) is 15.3 Å². The van der Waals surface area contributed by atoms with Crippen molar-refractivity contribution in [2.45, 2.75) is 25.1 Å². The monoisotopic (exact) mass is 381 g/mol. The molecule has 8 heteroatoms. The first-order valence-electron chi connectivity index (χ1n) is 5.89. The Morgan fingerprint density at radius 1 is 1.38 bits per heavy atom. The Kier molecular flexibility index (Phi) is 6.15. The standard InChI is InChI=1S/C13H14BrF2NO3S/c1-7(18)17-13(2,12(19)20)6-21-5-9-10(15)3-8(14)4-11(9)16/h3-4H,5-6H2,1-2H3,(H,17,18)(H,19,20). The molecule has 1 amide bonds. The van der Waals surface area contributed by atoms with Crippen molar-refractivity contribution in [2.24, 2.45) is 0 Å². The molecule has 0 heterocycles. The van der Waals surface area contributed by atoms with Gasteiger partial charge in [-0.05, 0) is 19.1 Å². The van der Waals surface area contributed by atoms with E-state index in [1.54, 1.807) is 0 Å². The Balaban J connectivity index is 2.76. The van der Waals surface area contributed by atoms with Crippen LogP contribution in [0.2, 0.25) is 0 Å². The van der Waals surface area contributed by atoms with Gasteiger partial charge in [0, 0.05) is 28.5 Å². The number of carboxylic acid groups (broad SMARTS) is 1. The largest absolute Gasteiger partial charge is 0.479 e. The van der Waals surface area contributed by atoms with Gasteiger partial charge < -0.3 is 10.4 Å². The molecule has 4 nitrogen and oxygen atoms in total. The maximum atomic E-state index is 13.6. The molecular formula is C13H14BrF2NO3S. The van der Waals surface area contributed by atoms with E-state index in [4.69, 9.17) is 5.11 Å². The minimum Gasteiger partial charge on any atom is -0.479 e. The van der Waals surface area contributed by atoms with Gasteiger partial charge in [-0.2, -0.15) is 11.8 Å². The van der Waals surface area contributed by atoms with Crippen molar-refractivity contribution in [3.63, 3.8) is 0 Å². The second kappa shape index (κ2) is 7.22. The second-order valence-electron chi connectivity index (χ2n) is 4.66. The molecule has 0 aliphatic rings. The number of hydrogen-bond acceptors (Lipinski definition) is 3. The first-order valence-corrected chi connectivity index (χ1v) is 7.84. The van der Waals surface area contributed by atoms with Crippen LogP contribution in [0.5, 0.6) is 0 Å². The molecule has 1 rings (SSSR count). The van der Waals surface area contributed by atoms with Gasteiger partial charge in [-0.1, -0.05) is 15.9 Å². The summed E-state index contributed by atoms with van der Waals surface area (Å²) in [7, 11) is 0. The molecular weight excluding hydrogens is 368 g/mol. The molecule has 0 bridgehead atoms. The van der Waals surface area contributed by atoms with Gasteiger partial charge in [0.2, 0.25) is 5.91 Å². The summed E-state index contributed by atoms with van der Waals surface area (Å²) in [4.78, 5) is 22.2. The number of rotatable bonds is 6. The molecule has 0 saturated carbocycles. The Hall–Kier alpha value is -1.15. The number of thioether (sulfide) groups is 1. The van der Waals surface area contributed by atoms with E-state index in [2.05, 4.69) is 21.2 Å². The number of aliphatic carboxylic acids is 1. The van der Waals surface area contributed by atoms with Crippen molar-refractivity contribution in [1.82, 2.24) is 5.32 Å². The molecule has 1 aromatic rings. The van der Waals surface area contributed by atoms with Gasteiger partial charge in [-0.3, -0.25) is 4.79 Å². The first kappa shape index (κ1) is 17.9. The fraction of sp³-hybridized carbons (Fsp3) is 0.385. The summed E-state index contributed by atoms with van der Waals surface area (Å²) in [6.45, 7) is 2.55. The summed E-state index contributed by atoms with van der Waals surface area (Å²) in [6.07, 6.45) is 0. The van der Waals surface area contributed by atoms with Crippen molar-refractivity contribution in [1.29, 1.82) is 0 Å². The highest BCUT2D eigenvalue weighted by Gasteiger charge is 2.34. The summed E-state index contributed by atoms with van der Waals surface area (Å²) in [5.41, 5.74) is -1.61. The van der Waals surface area contributed by atoms with Gasteiger partial charge in [0.1, 0.15) is 17.2 Å². The molecule has 21 heavy (non-hydrogen) atoms. The Morgan fingerprint density at radius 2 is 1.90 bits per heavy atom. The van der Waals surface area contributed by atoms with Crippen molar-refractivity contribution in [3.05, 3.63) is 33.8 Å². The van der Waals surface area contributed by atoms with Crippen LogP contribution in [-0.4, -0.2) is 28.3 Å². The van der Waals surface area contributed by atoms with Crippen LogP contribution in [0.1, 0.15) is 19.4 Å². The van der Waals surface area contributed by atoms with Crippen LogP contribution in [0.25, 0.3) is 0 Å². The van der Waals surface area contributed by atoms with Crippen LogP contribution >= 0.6 is 27.7 Å². The number of carboxylic acids is 1. The summed E-state index contributed by atoms with van der Waals surface area (Å²) in [5, 5.41) is 11.5. The molecule has 0 saturated heterocycles. The topological polar surface area (TPSA) is 66.4 Å². The highest BCUT2D eigenvalue weighted by Crippen LogP contribution is 2.25. The van der Waals surface area contributed by atoms with E-state index in [0.717, 1.165) is 23.9 Å². The zero-order valence-corrected chi connectivity index (χ0v) is 13.8. The third-order valence-electron chi connectivity index (χ3n) is 2.67. The molecule has 1 atom stereocenters. The van der Waals surface area contributed by atoms with Crippen LogP contribution in [0, 0.1) is 11.6 Å². The summed E-state index contributed by atoms with van der Waals surface area (Å²) in [6, 6.07) is 2.28. The number of hydrogen-bond donors (Lipinski definition) is 2. The summed E-state index contributed by atoms with van der Waals surface area (Å²) in [5.74, 6) is -3.15. The molecule has 2 N–H and O–H groups in total. The van der Waals surface area contributed by atoms with E-state index in [-0.39, 0.29) is 17.1 Å². The van der Waals surface area contributed by atoms with Gasteiger partial charge in [-0.25, -0.2) is 13.6 Å². The third kappa shape index (κ3) is 4.96. The second-order valence-corrected chi connectivity index (χ2v) is 6.56. The Morgan fingerprint density at radius 3 is 2.33 bits per heavy atom. The van der Waals surface area contributed by atoms with E-state index in [0.29, 0.717) is 4.47 Å². The third-order valence-corrected chi connectivity index (χ3v) is 4.40. The lowest BCUT2D eigenvalue weighted by atomic mass is 10.1. The predicted octanol–water partition coefficient (Wildman–Crippen LogP) is 2.94. The molecule has 1 aromatic carbocycles. The Bertz CT molecular complexity index is 547. The van der Waals surface area contributed by atoms with E-state index in [1.165, 1.54) is 13.8 Å². The highest BCUT2D eigenvalue weighted by atomic mass is 79.9. The molecule has 0 spiro atoms. The lowest BCUT2D eigenvalue weighted by molar-refractivity contribution is -0.145. The summed E-state index contributed by atoms with van der Waals surface area (Å²) < 4.78 is 27.6. The van der Waals surface area contributed by atoms with Crippen molar-refractivity contribution < 1.29 is 23.5 Å². The fourth-order valence-electron chi connectivity index (χ4n) is 1.61. The lowest BCUT2D eigenvalue weighted by Gasteiger charge is -2.25. The maximum absolute atomic E-state index is 13.6. The maximum Gasteiger partial charge on any atom is 0.329 e. The molecule has 0 aromatic heterocycles. The number of benzene rings is 1. The number of nitrogens with one attached hydrogen (secondary N) is 1. The van der Waals surface area contributed by atoms with Gasteiger partial charge >= 0.3 is 5.97 Å². The normalized spacial score (nSPS) is 13.6. The highest BCUT2D eigenvalue weighted by molar-refractivity contribution is 9.10. The van der Waals surface area contributed by atoms with Gasteiger partial charge in [0.05, 0.1) is 0 Å². The minimum absolute atomic E-state index is 0.0170. The molecule has 1 unspecified atom stereocenters. The Labute approximate surface area is 133 Å². The van der Waals surface area contributed by atoms with Crippen molar-refractivity contribution in [3.8, 4) is 0 Å². The molecule has 0 radical (unpaired) electrons. The molecule has 0 fully saturated rings. The van der Waals surface area contributed by atoms with Gasteiger partial charge in [0.25, 0.3) is 0 Å². The lowest BCUT2D eigenvalue weighted by Crippen LogP contribution is -2.53. The van der Waals surface area contributed by atoms with E-state index in [1.807, 2.05) is 0 Å². The van der Waals surface area contributed by atoms with Crippen molar-refractivity contribution >= 4 is 39.6 Å². The van der Waals surface area contributed by atoms with Crippen LogP contribution < -0.4 is 5.32 Å². The summed E-state index contributed by atoms with van der Waals surface area (Å²) >= 11 is 4.01. The smallest absolute Gasteiger partial charge is 0.329 e. The average Bonchev–Trinajstić information content (AvgIpc) is 2.31. The molecule has 116 valence electrons. The zero-order valence-electron chi connectivity index (χ0n) is 11.4. The van der Waals surface area contributed by atoms with E-state index < -0.39 is 29.0 Å². The predicted molar refractivity (Wildman–Crippen MR) is 80.1 cm³/mol. The zero-order chi connectivity index (χ0) is 16.2. The number of halogens is 3. The van der Waals surface area contributed by atoms with Crippen molar-refractivity contribution in [2.75, 3.05) is 5.75 Å². The first-order chi connectivity index (χ1) is 9.65. The van der Waals surface area contributed by atoms with E-state index in [9.17, 15) is 18.4 Å². The number of carbonyl (C=O) groups is 2. The minimum atomic E-state index is -1.49. The quantitative estimate of drug-likeness (QED) is 0.794. The fourth-order valence-corrected chi connectivity index (χ4v) is 3.19.